The zero-order valence-electron chi connectivity index (χ0n) is 17.6. The van der Waals surface area contributed by atoms with Crippen LogP contribution in [0.4, 0.5) is 26.3 Å². The summed E-state index contributed by atoms with van der Waals surface area (Å²) < 4.78 is 86.3. The van der Waals surface area contributed by atoms with Gasteiger partial charge in [-0.2, -0.15) is 0 Å². The lowest BCUT2D eigenvalue weighted by Gasteiger charge is -2.27. The number of ketones is 1. The summed E-state index contributed by atoms with van der Waals surface area (Å²) >= 11 is 0. The van der Waals surface area contributed by atoms with Gasteiger partial charge < -0.3 is 0 Å². The summed E-state index contributed by atoms with van der Waals surface area (Å²) in [5.74, 6) is -11.4. The van der Waals surface area contributed by atoms with Crippen molar-refractivity contribution in [3.63, 3.8) is 0 Å². The van der Waals surface area contributed by atoms with E-state index in [9.17, 15) is 31.1 Å². The molecule has 4 rings (SSSR count). The maximum Gasteiger partial charge on any atom is 0.194 e. The molecule has 0 heterocycles. The van der Waals surface area contributed by atoms with Crippen LogP contribution < -0.4 is 0 Å². The summed E-state index contributed by atoms with van der Waals surface area (Å²) in [5.41, 5.74) is -1.41. The first-order chi connectivity index (χ1) is 15.3. The maximum absolute atomic E-state index is 14.9. The van der Waals surface area contributed by atoms with Crippen LogP contribution in [0.25, 0.3) is 0 Å². The third kappa shape index (κ3) is 4.06. The Labute approximate surface area is 182 Å². The van der Waals surface area contributed by atoms with Crippen molar-refractivity contribution in [1.82, 2.24) is 0 Å². The fraction of sp³-hybridized carbons (Fsp3) is 0.480. The second kappa shape index (κ2) is 9.28. The van der Waals surface area contributed by atoms with Crippen LogP contribution in [0.3, 0.4) is 0 Å². The van der Waals surface area contributed by atoms with Crippen molar-refractivity contribution >= 4 is 5.78 Å². The standard InChI is InChI=1S/C25H24F6O/c26-17-11-15(19(23(30)21(17)28)13-7-3-1-4-8-13)25(32)16-12-18(27)22(29)24(31)20(16)14-9-5-2-6-10-14/h11-14H,1-10H2. The Morgan fingerprint density at radius 3 is 1.25 bits per heavy atom. The molecule has 0 amide bonds. The predicted octanol–water partition coefficient (Wildman–Crippen LogP) is 7.85. The first-order valence-corrected chi connectivity index (χ1v) is 11.2. The van der Waals surface area contributed by atoms with Crippen molar-refractivity contribution < 1.29 is 31.1 Å². The first kappa shape index (κ1) is 22.9. The average molecular weight is 454 g/mol. The topological polar surface area (TPSA) is 17.1 Å². The summed E-state index contributed by atoms with van der Waals surface area (Å²) in [6.45, 7) is 0. The van der Waals surface area contributed by atoms with Crippen LogP contribution in [-0.4, -0.2) is 5.78 Å². The molecule has 0 unspecified atom stereocenters. The molecule has 2 saturated carbocycles. The van der Waals surface area contributed by atoms with Gasteiger partial charge in [-0.3, -0.25) is 4.79 Å². The van der Waals surface area contributed by atoms with E-state index in [0.29, 0.717) is 37.8 Å². The molecule has 0 saturated heterocycles. The van der Waals surface area contributed by atoms with Gasteiger partial charge in [0.2, 0.25) is 0 Å². The van der Waals surface area contributed by atoms with Crippen molar-refractivity contribution in [3.8, 4) is 0 Å². The molecule has 2 aromatic carbocycles. The van der Waals surface area contributed by atoms with E-state index < -0.39 is 63.6 Å². The lowest BCUT2D eigenvalue weighted by atomic mass is 9.77. The van der Waals surface area contributed by atoms with Crippen LogP contribution in [-0.2, 0) is 0 Å². The van der Waals surface area contributed by atoms with E-state index >= 15 is 0 Å². The average Bonchev–Trinajstić information content (AvgIpc) is 2.81. The molecule has 0 bridgehead atoms. The highest BCUT2D eigenvalue weighted by Crippen LogP contribution is 2.41. The molecule has 0 radical (unpaired) electrons. The van der Waals surface area contributed by atoms with Gasteiger partial charge in [0, 0.05) is 22.3 Å². The largest absolute Gasteiger partial charge is 0.289 e. The normalized spacial score (nSPS) is 18.2. The number of carbonyl (C=O) groups excluding carboxylic acids is 1. The number of hydrogen-bond donors (Lipinski definition) is 0. The quantitative estimate of drug-likeness (QED) is 0.261. The first-order valence-electron chi connectivity index (χ1n) is 11.2. The Kier molecular flexibility index (Phi) is 6.63. The van der Waals surface area contributed by atoms with Gasteiger partial charge in [-0.25, -0.2) is 26.3 Å². The number of carbonyl (C=O) groups is 1. The van der Waals surface area contributed by atoms with E-state index in [0.717, 1.165) is 38.5 Å². The van der Waals surface area contributed by atoms with Crippen LogP contribution in [0.5, 0.6) is 0 Å². The lowest BCUT2D eigenvalue weighted by Crippen LogP contribution is -2.20. The minimum atomic E-state index is -1.67. The van der Waals surface area contributed by atoms with Crippen molar-refractivity contribution in [3.05, 3.63) is 69.3 Å². The summed E-state index contributed by atoms with van der Waals surface area (Å²) in [6, 6.07) is 1.21. The molecule has 7 heteroatoms. The Balaban J connectivity index is 1.90. The van der Waals surface area contributed by atoms with Gasteiger partial charge in [0.1, 0.15) is 0 Å². The highest BCUT2D eigenvalue weighted by molar-refractivity contribution is 6.11. The Morgan fingerprint density at radius 1 is 0.562 bits per heavy atom. The smallest absolute Gasteiger partial charge is 0.194 e. The monoisotopic (exact) mass is 454 g/mol. The molecule has 0 aliphatic heterocycles. The molecule has 1 nitrogen and oxygen atoms in total. The van der Waals surface area contributed by atoms with Gasteiger partial charge >= 0.3 is 0 Å². The molecule has 0 spiro atoms. The Bertz CT molecular complexity index is 954. The predicted molar refractivity (Wildman–Crippen MR) is 108 cm³/mol. The van der Waals surface area contributed by atoms with Crippen molar-refractivity contribution in [1.29, 1.82) is 0 Å². The molecule has 2 fully saturated rings. The van der Waals surface area contributed by atoms with Gasteiger partial charge in [-0.15, -0.1) is 0 Å². The molecular weight excluding hydrogens is 430 g/mol. The molecule has 0 atom stereocenters. The number of rotatable bonds is 4. The maximum atomic E-state index is 14.9. The molecule has 2 aliphatic rings. The van der Waals surface area contributed by atoms with E-state index in [1.807, 2.05) is 0 Å². The molecule has 172 valence electrons. The molecule has 0 aromatic heterocycles. The SMILES string of the molecule is O=C(c1cc(F)c(F)c(F)c1C1CCCCC1)c1cc(F)c(F)c(F)c1C1CCCCC1. The van der Waals surface area contributed by atoms with E-state index in [1.165, 1.54) is 0 Å². The summed E-state index contributed by atoms with van der Waals surface area (Å²) in [5, 5.41) is 0. The second-order valence-electron chi connectivity index (χ2n) is 8.89. The third-order valence-corrected chi connectivity index (χ3v) is 6.92. The van der Waals surface area contributed by atoms with E-state index in [1.54, 1.807) is 0 Å². The van der Waals surface area contributed by atoms with Crippen molar-refractivity contribution in [2.75, 3.05) is 0 Å². The van der Waals surface area contributed by atoms with Gasteiger partial charge in [0.25, 0.3) is 0 Å². The number of hydrogen-bond acceptors (Lipinski definition) is 1. The molecule has 32 heavy (non-hydrogen) atoms. The minimum absolute atomic E-state index is 0.256. The number of halogens is 6. The minimum Gasteiger partial charge on any atom is -0.289 e. The van der Waals surface area contributed by atoms with Gasteiger partial charge in [0.15, 0.2) is 40.7 Å². The Hall–Kier alpha value is -2.31. The van der Waals surface area contributed by atoms with E-state index in [4.69, 9.17) is 0 Å². The van der Waals surface area contributed by atoms with E-state index in [-0.39, 0.29) is 11.1 Å². The van der Waals surface area contributed by atoms with Gasteiger partial charge in [-0.1, -0.05) is 38.5 Å². The zero-order chi connectivity index (χ0) is 23.0. The second-order valence-corrected chi connectivity index (χ2v) is 8.89. The van der Waals surface area contributed by atoms with Crippen LogP contribution in [0.2, 0.25) is 0 Å². The Morgan fingerprint density at radius 2 is 0.906 bits per heavy atom. The third-order valence-electron chi connectivity index (χ3n) is 6.92. The van der Waals surface area contributed by atoms with Crippen LogP contribution >= 0.6 is 0 Å². The molecule has 2 aliphatic carbocycles. The van der Waals surface area contributed by atoms with Crippen LogP contribution in [0.1, 0.15) is 103 Å². The highest BCUT2D eigenvalue weighted by atomic mass is 19.2. The van der Waals surface area contributed by atoms with Crippen molar-refractivity contribution in [2.24, 2.45) is 0 Å². The fourth-order valence-electron chi connectivity index (χ4n) is 5.32. The summed E-state index contributed by atoms with van der Waals surface area (Å²) in [6.07, 6.45) is 6.74. The number of benzene rings is 2. The fourth-order valence-corrected chi connectivity index (χ4v) is 5.32. The summed E-state index contributed by atoms with van der Waals surface area (Å²) in [7, 11) is 0. The van der Waals surface area contributed by atoms with E-state index in [2.05, 4.69) is 0 Å². The molecule has 2 aromatic rings. The van der Waals surface area contributed by atoms with Gasteiger partial charge in [-0.05, 0) is 49.7 Å². The van der Waals surface area contributed by atoms with Crippen LogP contribution in [0.15, 0.2) is 12.1 Å². The van der Waals surface area contributed by atoms with Crippen LogP contribution in [0, 0.1) is 34.9 Å². The molecule has 0 N–H and O–H groups in total. The summed E-state index contributed by atoms with van der Waals surface area (Å²) in [4.78, 5) is 13.5. The van der Waals surface area contributed by atoms with Crippen molar-refractivity contribution in [2.45, 2.75) is 76.0 Å². The molecular formula is C25H24F6O. The zero-order valence-corrected chi connectivity index (χ0v) is 17.6. The van der Waals surface area contributed by atoms with Gasteiger partial charge in [0.05, 0.1) is 0 Å². The lowest BCUT2D eigenvalue weighted by molar-refractivity contribution is 0.103. The highest BCUT2D eigenvalue weighted by Gasteiger charge is 2.34.